The molecule has 0 aromatic heterocycles. The molecule has 0 radical (unpaired) electrons. The Bertz CT molecular complexity index is 825. The van der Waals surface area contributed by atoms with Gasteiger partial charge in [0.2, 0.25) is 5.91 Å². The molecule has 0 unspecified atom stereocenters. The van der Waals surface area contributed by atoms with Crippen LogP contribution in [0.2, 0.25) is 0 Å². The molecule has 2 aromatic carbocycles. The number of carbonyl (C=O) groups excluding carboxylic acids is 2. The summed E-state index contributed by atoms with van der Waals surface area (Å²) in [6.07, 6.45) is 0. The van der Waals surface area contributed by atoms with Crippen molar-refractivity contribution >= 4 is 56.4 Å². The van der Waals surface area contributed by atoms with Crippen LogP contribution >= 0.6 is 28.1 Å². The highest BCUT2D eigenvalue weighted by molar-refractivity contribution is 9.10. The molecule has 2 aromatic rings. The molecular formula is C18H18BrN3O3S. The van der Waals surface area contributed by atoms with E-state index in [4.69, 9.17) is 17.0 Å². The Morgan fingerprint density at radius 2 is 1.69 bits per heavy atom. The van der Waals surface area contributed by atoms with E-state index in [0.29, 0.717) is 29.3 Å². The minimum atomic E-state index is -0.373. The second kappa shape index (κ2) is 9.30. The third-order valence-corrected chi connectivity index (χ3v) is 3.87. The molecule has 0 heterocycles. The maximum Gasteiger partial charge on any atom is 0.261 e. The lowest BCUT2D eigenvalue weighted by molar-refractivity contribution is -0.114. The molecule has 136 valence electrons. The van der Waals surface area contributed by atoms with Gasteiger partial charge in [-0.1, -0.05) is 15.9 Å². The molecule has 0 aliphatic heterocycles. The largest absolute Gasteiger partial charge is 0.493 e. The average molecular weight is 436 g/mol. The fourth-order valence-electron chi connectivity index (χ4n) is 2.13. The van der Waals surface area contributed by atoms with E-state index in [0.717, 1.165) is 4.47 Å². The monoisotopic (exact) mass is 435 g/mol. The summed E-state index contributed by atoms with van der Waals surface area (Å²) in [6, 6.07) is 12.1. The van der Waals surface area contributed by atoms with E-state index in [9.17, 15) is 9.59 Å². The zero-order valence-corrected chi connectivity index (χ0v) is 16.7. The fourth-order valence-corrected chi connectivity index (χ4v) is 2.71. The van der Waals surface area contributed by atoms with Crippen molar-refractivity contribution in [2.75, 3.05) is 17.2 Å². The van der Waals surface area contributed by atoms with Gasteiger partial charge in [0.1, 0.15) is 5.75 Å². The highest BCUT2D eigenvalue weighted by Gasteiger charge is 2.14. The Morgan fingerprint density at radius 3 is 2.27 bits per heavy atom. The molecule has 0 fully saturated rings. The number of hydrogen-bond donors (Lipinski definition) is 3. The van der Waals surface area contributed by atoms with Gasteiger partial charge in [0, 0.05) is 22.8 Å². The highest BCUT2D eigenvalue weighted by Crippen LogP contribution is 2.23. The van der Waals surface area contributed by atoms with Crippen molar-refractivity contribution in [1.29, 1.82) is 0 Å². The summed E-state index contributed by atoms with van der Waals surface area (Å²) < 4.78 is 6.24. The quantitative estimate of drug-likeness (QED) is 0.619. The van der Waals surface area contributed by atoms with Gasteiger partial charge < -0.3 is 15.4 Å². The second-order valence-corrected chi connectivity index (χ2v) is 6.56. The van der Waals surface area contributed by atoms with Gasteiger partial charge in [-0.3, -0.25) is 14.9 Å². The van der Waals surface area contributed by atoms with Crippen LogP contribution in [-0.4, -0.2) is 23.5 Å². The van der Waals surface area contributed by atoms with E-state index >= 15 is 0 Å². The van der Waals surface area contributed by atoms with Crippen LogP contribution in [-0.2, 0) is 4.79 Å². The average Bonchev–Trinajstić information content (AvgIpc) is 2.58. The normalized spacial score (nSPS) is 9.96. The van der Waals surface area contributed by atoms with Gasteiger partial charge in [-0.15, -0.1) is 0 Å². The Labute approximate surface area is 165 Å². The van der Waals surface area contributed by atoms with Crippen molar-refractivity contribution < 1.29 is 14.3 Å². The fraction of sp³-hybridized carbons (Fsp3) is 0.167. The second-order valence-electron chi connectivity index (χ2n) is 5.24. The molecule has 26 heavy (non-hydrogen) atoms. The standard InChI is InChI=1S/C18H18BrN3O3S/c1-3-25-16-9-4-12(19)10-15(16)17(24)22-18(26)21-14-7-5-13(6-8-14)20-11(2)23/h4-10H,3H2,1-2H3,(H,20,23)(H2,21,22,24,26). The number of thiocarbonyl (C=S) groups is 1. The van der Waals surface area contributed by atoms with Crippen LogP contribution in [0, 0.1) is 0 Å². The Balaban J connectivity index is 2.02. The molecule has 8 heteroatoms. The van der Waals surface area contributed by atoms with E-state index in [1.165, 1.54) is 6.92 Å². The zero-order chi connectivity index (χ0) is 19.1. The van der Waals surface area contributed by atoms with E-state index < -0.39 is 0 Å². The van der Waals surface area contributed by atoms with Gasteiger partial charge in [0.05, 0.1) is 12.2 Å². The van der Waals surface area contributed by atoms with Gasteiger partial charge in [-0.25, -0.2) is 0 Å². The summed E-state index contributed by atoms with van der Waals surface area (Å²) in [4.78, 5) is 23.5. The first-order valence-electron chi connectivity index (χ1n) is 7.81. The molecule has 0 bridgehead atoms. The molecule has 0 atom stereocenters. The van der Waals surface area contributed by atoms with Crippen molar-refractivity contribution in [2.24, 2.45) is 0 Å². The van der Waals surface area contributed by atoms with E-state index in [1.54, 1.807) is 42.5 Å². The number of ether oxygens (including phenoxy) is 1. The number of benzene rings is 2. The Morgan fingerprint density at radius 1 is 1.08 bits per heavy atom. The minimum absolute atomic E-state index is 0.146. The van der Waals surface area contributed by atoms with Crippen LogP contribution in [0.5, 0.6) is 5.75 Å². The van der Waals surface area contributed by atoms with Gasteiger partial charge in [-0.05, 0) is 61.6 Å². The molecule has 0 aliphatic rings. The first-order chi connectivity index (χ1) is 12.4. The van der Waals surface area contributed by atoms with Gasteiger partial charge in [0.15, 0.2) is 5.11 Å². The molecule has 3 N–H and O–H groups in total. The van der Waals surface area contributed by atoms with Crippen LogP contribution in [0.25, 0.3) is 0 Å². The minimum Gasteiger partial charge on any atom is -0.493 e. The van der Waals surface area contributed by atoms with Crippen LogP contribution in [0.1, 0.15) is 24.2 Å². The van der Waals surface area contributed by atoms with E-state index in [2.05, 4.69) is 31.9 Å². The van der Waals surface area contributed by atoms with E-state index in [-0.39, 0.29) is 16.9 Å². The summed E-state index contributed by atoms with van der Waals surface area (Å²) in [7, 11) is 0. The molecular weight excluding hydrogens is 418 g/mol. The van der Waals surface area contributed by atoms with Crippen molar-refractivity contribution in [3.8, 4) is 5.75 Å². The summed E-state index contributed by atoms with van der Waals surface area (Å²) in [5.41, 5.74) is 1.74. The van der Waals surface area contributed by atoms with Gasteiger partial charge in [-0.2, -0.15) is 0 Å². The lowest BCUT2D eigenvalue weighted by Crippen LogP contribution is -2.34. The molecule has 0 aliphatic carbocycles. The number of carbonyl (C=O) groups is 2. The number of anilines is 2. The van der Waals surface area contributed by atoms with Gasteiger partial charge >= 0.3 is 0 Å². The number of rotatable bonds is 5. The lowest BCUT2D eigenvalue weighted by Gasteiger charge is -2.13. The first-order valence-corrected chi connectivity index (χ1v) is 9.01. The van der Waals surface area contributed by atoms with Crippen molar-refractivity contribution in [3.05, 3.63) is 52.5 Å². The molecule has 0 saturated carbocycles. The van der Waals surface area contributed by atoms with E-state index in [1.807, 2.05) is 6.92 Å². The van der Waals surface area contributed by atoms with Crippen molar-refractivity contribution in [1.82, 2.24) is 5.32 Å². The van der Waals surface area contributed by atoms with Crippen LogP contribution < -0.4 is 20.7 Å². The number of amides is 2. The summed E-state index contributed by atoms with van der Waals surface area (Å²) in [5, 5.41) is 8.38. The third-order valence-electron chi connectivity index (χ3n) is 3.18. The smallest absolute Gasteiger partial charge is 0.261 e. The van der Waals surface area contributed by atoms with Crippen molar-refractivity contribution in [2.45, 2.75) is 13.8 Å². The maximum absolute atomic E-state index is 12.5. The molecule has 0 saturated heterocycles. The van der Waals surface area contributed by atoms with Crippen molar-refractivity contribution in [3.63, 3.8) is 0 Å². The zero-order valence-electron chi connectivity index (χ0n) is 14.3. The third kappa shape index (κ3) is 5.82. The van der Waals surface area contributed by atoms with Crippen LogP contribution in [0.3, 0.4) is 0 Å². The number of halogens is 1. The number of hydrogen-bond acceptors (Lipinski definition) is 4. The molecule has 6 nitrogen and oxygen atoms in total. The molecule has 0 spiro atoms. The topological polar surface area (TPSA) is 79.5 Å². The lowest BCUT2D eigenvalue weighted by atomic mass is 10.2. The predicted molar refractivity (Wildman–Crippen MR) is 110 cm³/mol. The SMILES string of the molecule is CCOc1ccc(Br)cc1C(=O)NC(=S)Nc1ccc(NC(C)=O)cc1. The first kappa shape index (κ1) is 19.9. The summed E-state index contributed by atoms with van der Waals surface area (Å²) in [6.45, 7) is 3.74. The Hall–Kier alpha value is -2.45. The number of nitrogens with one attached hydrogen (secondary N) is 3. The summed E-state index contributed by atoms with van der Waals surface area (Å²) >= 11 is 8.54. The maximum atomic E-state index is 12.5. The molecule has 2 amide bonds. The predicted octanol–water partition coefficient (Wildman–Crippen LogP) is 3.93. The van der Waals surface area contributed by atoms with Crippen LogP contribution in [0.15, 0.2) is 46.9 Å². The highest BCUT2D eigenvalue weighted by atomic mass is 79.9. The van der Waals surface area contributed by atoms with Gasteiger partial charge in [0.25, 0.3) is 5.91 Å². The summed E-state index contributed by atoms with van der Waals surface area (Å²) in [5.74, 6) is -0.0367. The van der Waals surface area contributed by atoms with Crippen LogP contribution in [0.4, 0.5) is 11.4 Å². The Kier molecular flexibility index (Phi) is 7.11. The molecule has 2 rings (SSSR count).